The molecule has 0 radical (unpaired) electrons. The summed E-state index contributed by atoms with van der Waals surface area (Å²) in [6.45, 7) is 8.18. The Balaban J connectivity index is 1.87. The third kappa shape index (κ3) is 5.39. The topological polar surface area (TPSA) is 99.8 Å². The van der Waals surface area contributed by atoms with Crippen LogP contribution in [0.5, 0.6) is 0 Å². The van der Waals surface area contributed by atoms with Crippen LogP contribution in [0.3, 0.4) is 0 Å². The van der Waals surface area contributed by atoms with E-state index in [1.807, 2.05) is 39.0 Å². The van der Waals surface area contributed by atoms with Crippen LogP contribution in [-0.4, -0.2) is 36.6 Å². The Morgan fingerprint density at radius 2 is 1.74 bits per heavy atom. The number of hydrogen-bond donors (Lipinski definition) is 3. The molecule has 3 rings (SSSR count). The van der Waals surface area contributed by atoms with E-state index in [0.29, 0.717) is 29.1 Å². The second-order valence-electron chi connectivity index (χ2n) is 8.35. The lowest BCUT2D eigenvalue weighted by molar-refractivity contribution is -0.136. The lowest BCUT2D eigenvalue weighted by atomic mass is 9.94. The number of allylic oxidation sites excluding steroid dienone is 1. The molecule has 8 nitrogen and oxygen atoms in total. The number of nitrogens with one attached hydrogen (secondary N) is 3. The Bertz CT molecular complexity index is 1110. The molecule has 1 unspecified atom stereocenters. The van der Waals surface area contributed by atoms with Gasteiger partial charge in [-0.3, -0.25) is 4.90 Å². The Hall–Kier alpha value is -3.81. The summed E-state index contributed by atoms with van der Waals surface area (Å²) in [7, 11) is 1.32. The number of aryl methyl sites for hydroxylation is 2. The molecule has 180 valence electrons. The molecule has 0 saturated carbocycles. The molecule has 4 amide bonds. The molecule has 0 spiro atoms. The molecule has 3 N–H and O–H groups in total. The number of amides is 4. The van der Waals surface area contributed by atoms with Gasteiger partial charge in [-0.05, 0) is 56.0 Å². The van der Waals surface area contributed by atoms with Gasteiger partial charge in [0.25, 0.3) is 0 Å². The number of rotatable bonds is 7. The number of hydrogen-bond acceptors (Lipinski definition) is 4. The molecule has 2 aromatic rings. The zero-order chi connectivity index (χ0) is 24.8. The van der Waals surface area contributed by atoms with E-state index >= 15 is 0 Å². The van der Waals surface area contributed by atoms with Crippen molar-refractivity contribution < 1.29 is 19.1 Å². The second-order valence-corrected chi connectivity index (χ2v) is 8.35. The van der Waals surface area contributed by atoms with Crippen molar-refractivity contribution in [1.82, 2.24) is 10.2 Å². The molecule has 0 bridgehead atoms. The van der Waals surface area contributed by atoms with Crippen LogP contribution >= 0.6 is 0 Å². The van der Waals surface area contributed by atoms with E-state index in [1.54, 1.807) is 36.1 Å². The van der Waals surface area contributed by atoms with Gasteiger partial charge in [0, 0.05) is 23.6 Å². The predicted octanol–water partition coefficient (Wildman–Crippen LogP) is 5.26. The minimum atomic E-state index is -0.693. The molecule has 0 saturated heterocycles. The molecule has 1 heterocycles. The molecule has 34 heavy (non-hydrogen) atoms. The van der Waals surface area contributed by atoms with Crippen molar-refractivity contribution in [3.63, 3.8) is 0 Å². The number of carbonyl (C=O) groups excluding carboxylic acids is 3. The molecule has 1 aliphatic heterocycles. The van der Waals surface area contributed by atoms with Crippen LogP contribution in [0.2, 0.25) is 0 Å². The van der Waals surface area contributed by atoms with Gasteiger partial charge < -0.3 is 20.7 Å². The monoisotopic (exact) mass is 464 g/mol. The average Bonchev–Trinajstić information content (AvgIpc) is 2.81. The summed E-state index contributed by atoms with van der Waals surface area (Å²) in [5.74, 6) is -0.505. The Morgan fingerprint density at radius 3 is 2.38 bits per heavy atom. The molecule has 0 aromatic heterocycles. The number of methoxy groups -OCH3 is 1. The highest BCUT2D eigenvalue weighted by Gasteiger charge is 2.36. The fourth-order valence-electron chi connectivity index (χ4n) is 4.07. The fourth-order valence-corrected chi connectivity index (χ4v) is 4.07. The predicted molar refractivity (Wildman–Crippen MR) is 133 cm³/mol. The number of nitrogens with zero attached hydrogens (tertiary/aromatic N) is 1. The molecule has 2 aromatic carbocycles. The van der Waals surface area contributed by atoms with E-state index in [9.17, 15) is 14.4 Å². The summed E-state index contributed by atoms with van der Waals surface area (Å²) < 4.78 is 5.03. The van der Waals surface area contributed by atoms with Crippen LogP contribution in [0.1, 0.15) is 49.4 Å². The first kappa shape index (κ1) is 24.8. The van der Waals surface area contributed by atoms with Crippen LogP contribution in [0.25, 0.3) is 0 Å². The van der Waals surface area contributed by atoms with Gasteiger partial charge in [0.05, 0.1) is 18.7 Å². The fraction of sp³-hybridized carbons (Fsp3) is 0.346. The highest BCUT2D eigenvalue weighted by Crippen LogP contribution is 2.32. The molecule has 0 fully saturated rings. The van der Waals surface area contributed by atoms with E-state index in [2.05, 4.69) is 16.0 Å². The Morgan fingerprint density at radius 1 is 1.06 bits per heavy atom. The molecule has 1 atom stereocenters. The summed E-state index contributed by atoms with van der Waals surface area (Å²) in [5.41, 5.74) is 4.82. The van der Waals surface area contributed by atoms with E-state index < -0.39 is 12.0 Å². The second kappa shape index (κ2) is 10.9. The van der Waals surface area contributed by atoms with Crippen LogP contribution in [0.15, 0.2) is 53.7 Å². The molecule has 1 aliphatic rings. The van der Waals surface area contributed by atoms with Crippen molar-refractivity contribution in [2.24, 2.45) is 0 Å². The zero-order valence-electron chi connectivity index (χ0n) is 20.3. The van der Waals surface area contributed by atoms with Crippen molar-refractivity contribution in [3.8, 4) is 0 Å². The van der Waals surface area contributed by atoms with E-state index in [-0.39, 0.29) is 12.1 Å². The first-order valence-electron chi connectivity index (χ1n) is 11.4. The number of benzene rings is 2. The lowest BCUT2D eigenvalue weighted by Crippen LogP contribution is -2.48. The maximum absolute atomic E-state index is 12.8. The number of ether oxygens (including phenoxy) is 1. The molecule has 0 aliphatic carbocycles. The van der Waals surface area contributed by atoms with Gasteiger partial charge in [0.15, 0.2) is 0 Å². The van der Waals surface area contributed by atoms with Gasteiger partial charge in [0.2, 0.25) is 0 Å². The van der Waals surface area contributed by atoms with Gasteiger partial charge in [-0.2, -0.15) is 0 Å². The molecular weight excluding hydrogens is 432 g/mol. The van der Waals surface area contributed by atoms with Gasteiger partial charge in [-0.15, -0.1) is 0 Å². The Kier molecular flexibility index (Phi) is 7.94. The SMILES string of the molecule is CCCCN1C(=O)NC(c2cccc(NC(=O)Nc3c(C)cccc3C)c2)C(C(=O)OC)=C1C. The third-order valence-corrected chi connectivity index (χ3v) is 5.93. The van der Waals surface area contributed by atoms with Crippen LogP contribution in [0.4, 0.5) is 21.0 Å². The highest BCUT2D eigenvalue weighted by molar-refractivity contribution is 6.01. The van der Waals surface area contributed by atoms with E-state index in [0.717, 1.165) is 29.7 Å². The number of anilines is 2. The summed E-state index contributed by atoms with van der Waals surface area (Å²) in [6, 6.07) is 11.5. The largest absolute Gasteiger partial charge is 0.466 e. The van der Waals surface area contributed by atoms with E-state index in [4.69, 9.17) is 4.74 Å². The Labute approximate surface area is 200 Å². The van der Waals surface area contributed by atoms with Gasteiger partial charge in [-0.1, -0.05) is 43.7 Å². The average molecular weight is 465 g/mol. The number of unbranched alkanes of at least 4 members (excludes halogenated alkanes) is 1. The van der Waals surface area contributed by atoms with E-state index in [1.165, 1.54) is 7.11 Å². The number of para-hydroxylation sites is 1. The summed E-state index contributed by atoms with van der Waals surface area (Å²) >= 11 is 0. The third-order valence-electron chi connectivity index (χ3n) is 5.93. The first-order valence-corrected chi connectivity index (χ1v) is 11.4. The van der Waals surface area contributed by atoms with Crippen LogP contribution in [0, 0.1) is 13.8 Å². The minimum absolute atomic E-state index is 0.269. The van der Waals surface area contributed by atoms with Crippen molar-refractivity contribution in [2.45, 2.75) is 46.6 Å². The van der Waals surface area contributed by atoms with Gasteiger partial charge >= 0.3 is 18.0 Å². The zero-order valence-corrected chi connectivity index (χ0v) is 20.3. The normalized spacial score (nSPS) is 15.6. The van der Waals surface area contributed by atoms with Crippen molar-refractivity contribution in [1.29, 1.82) is 0 Å². The smallest absolute Gasteiger partial charge is 0.337 e. The maximum atomic E-state index is 12.8. The van der Waals surface area contributed by atoms with Crippen LogP contribution in [-0.2, 0) is 9.53 Å². The molecule has 8 heteroatoms. The lowest BCUT2D eigenvalue weighted by Gasteiger charge is -2.35. The first-order chi connectivity index (χ1) is 16.3. The standard InChI is InChI=1S/C26H32N4O4/c1-6-7-14-30-18(4)21(24(31)34-5)23(29-26(30)33)19-12-9-13-20(15-19)27-25(32)28-22-16(2)10-8-11-17(22)3/h8-13,15,23H,6-7,14H2,1-5H3,(H,29,33)(H2,27,28,32). The number of carbonyl (C=O) groups is 3. The van der Waals surface area contributed by atoms with Gasteiger partial charge in [0.1, 0.15) is 0 Å². The van der Waals surface area contributed by atoms with Crippen LogP contribution < -0.4 is 16.0 Å². The number of urea groups is 2. The van der Waals surface area contributed by atoms with Crippen molar-refractivity contribution >= 4 is 29.4 Å². The summed E-state index contributed by atoms with van der Waals surface area (Å²) in [4.78, 5) is 39.7. The van der Waals surface area contributed by atoms with Crippen molar-refractivity contribution in [3.05, 3.63) is 70.4 Å². The molecular formula is C26H32N4O4. The minimum Gasteiger partial charge on any atom is -0.466 e. The quantitative estimate of drug-likeness (QED) is 0.487. The summed E-state index contributed by atoms with van der Waals surface area (Å²) in [6.07, 6.45) is 1.74. The number of esters is 1. The maximum Gasteiger partial charge on any atom is 0.337 e. The summed E-state index contributed by atoms with van der Waals surface area (Å²) in [5, 5.41) is 8.65. The van der Waals surface area contributed by atoms with Gasteiger partial charge in [-0.25, -0.2) is 14.4 Å². The van der Waals surface area contributed by atoms with Crippen molar-refractivity contribution in [2.75, 3.05) is 24.3 Å². The highest BCUT2D eigenvalue weighted by atomic mass is 16.5.